The van der Waals surface area contributed by atoms with Gasteiger partial charge in [-0.05, 0) is 26.8 Å². The van der Waals surface area contributed by atoms with Crippen molar-refractivity contribution in [2.24, 2.45) is 0 Å². The molecule has 0 aromatic heterocycles. The summed E-state index contributed by atoms with van der Waals surface area (Å²) in [7, 11) is 2.17. The summed E-state index contributed by atoms with van der Waals surface area (Å²) < 4.78 is 11.4. The maximum Gasteiger partial charge on any atom is 0.101 e. The van der Waals surface area contributed by atoms with Gasteiger partial charge in [-0.25, -0.2) is 0 Å². The van der Waals surface area contributed by atoms with Crippen LogP contribution < -0.4 is 0 Å². The third kappa shape index (κ3) is 4.87. The minimum Gasteiger partial charge on any atom is -0.386 e. The fourth-order valence-corrected chi connectivity index (χ4v) is 4.08. The van der Waals surface area contributed by atoms with Crippen LogP contribution in [0.2, 0.25) is 0 Å². The van der Waals surface area contributed by atoms with Crippen LogP contribution in [-0.4, -0.2) is 110 Å². The average Bonchev–Trinajstić information content (AvgIpc) is 2.51. The van der Waals surface area contributed by atoms with Crippen molar-refractivity contribution in [2.45, 2.75) is 37.5 Å². The van der Waals surface area contributed by atoms with Crippen LogP contribution in [0.1, 0.15) is 19.8 Å². The number of rotatable bonds is 4. The normalized spacial score (nSPS) is 38.7. The Bertz CT molecular complexity index is 376. The van der Waals surface area contributed by atoms with E-state index in [4.69, 9.17) is 9.47 Å². The number of aliphatic hydroxyl groups is 1. The Morgan fingerprint density at radius 3 is 2.74 bits per heavy atom. The standard InChI is InChI=1S/C17H33N3O3/c1-15-10-19(12-16-11-18(2)7-9-23-16)5-6-20(15)13-17(21)4-3-8-22-14-17/h15-16,21H,3-14H2,1-2H3. The van der Waals surface area contributed by atoms with Crippen molar-refractivity contribution in [2.75, 3.05) is 72.7 Å². The Labute approximate surface area is 140 Å². The van der Waals surface area contributed by atoms with E-state index >= 15 is 0 Å². The molecule has 0 bridgehead atoms. The molecule has 3 heterocycles. The van der Waals surface area contributed by atoms with Gasteiger partial charge in [-0.3, -0.25) is 9.80 Å². The van der Waals surface area contributed by atoms with Gasteiger partial charge in [0.05, 0.1) is 19.3 Å². The van der Waals surface area contributed by atoms with E-state index in [0.29, 0.717) is 18.8 Å². The minimum atomic E-state index is -0.649. The zero-order valence-corrected chi connectivity index (χ0v) is 14.7. The van der Waals surface area contributed by atoms with E-state index in [9.17, 15) is 5.11 Å². The molecule has 3 unspecified atom stereocenters. The molecule has 0 aliphatic carbocycles. The van der Waals surface area contributed by atoms with Crippen molar-refractivity contribution < 1.29 is 14.6 Å². The van der Waals surface area contributed by atoms with E-state index in [1.165, 1.54) is 0 Å². The summed E-state index contributed by atoms with van der Waals surface area (Å²) >= 11 is 0. The molecular formula is C17H33N3O3. The molecule has 0 aromatic carbocycles. The molecule has 0 radical (unpaired) electrons. The maximum absolute atomic E-state index is 10.7. The summed E-state index contributed by atoms with van der Waals surface area (Å²) in [6.07, 6.45) is 2.17. The zero-order chi connectivity index (χ0) is 16.3. The summed E-state index contributed by atoms with van der Waals surface area (Å²) in [4.78, 5) is 7.30. The lowest BCUT2D eigenvalue weighted by Crippen LogP contribution is -2.59. The van der Waals surface area contributed by atoms with Crippen molar-refractivity contribution >= 4 is 0 Å². The molecule has 6 heteroatoms. The van der Waals surface area contributed by atoms with Crippen LogP contribution in [0.25, 0.3) is 0 Å². The maximum atomic E-state index is 10.7. The molecule has 0 amide bonds. The number of morpholine rings is 1. The first-order valence-electron chi connectivity index (χ1n) is 9.11. The highest BCUT2D eigenvalue weighted by Gasteiger charge is 2.35. The SMILES string of the molecule is CC1CN(CC2CN(C)CCO2)CCN1CC1(O)CCCOC1. The second kappa shape index (κ2) is 7.76. The van der Waals surface area contributed by atoms with E-state index in [-0.39, 0.29) is 0 Å². The van der Waals surface area contributed by atoms with Gasteiger partial charge >= 0.3 is 0 Å². The molecule has 23 heavy (non-hydrogen) atoms. The van der Waals surface area contributed by atoms with Crippen molar-refractivity contribution in [1.29, 1.82) is 0 Å². The number of ether oxygens (including phenoxy) is 2. The van der Waals surface area contributed by atoms with Crippen LogP contribution in [0.3, 0.4) is 0 Å². The summed E-state index contributed by atoms with van der Waals surface area (Å²) in [6.45, 7) is 11.4. The zero-order valence-electron chi connectivity index (χ0n) is 14.7. The average molecular weight is 327 g/mol. The lowest BCUT2D eigenvalue weighted by molar-refractivity contribution is -0.111. The number of nitrogens with zero attached hydrogens (tertiary/aromatic N) is 3. The lowest BCUT2D eigenvalue weighted by Gasteiger charge is -2.45. The summed E-state index contributed by atoms with van der Waals surface area (Å²) in [5.74, 6) is 0. The molecule has 3 aliphatic heterocycles. The molecule has 3 atom stereocenters. The first-order valence-corrected chi connectivity index (χ1v) is 9.11. The Morgan fingerprint density at radius 1 is 1.17 bits per heavy atom. The van der Waals surface area contributed by atoms with E-state index in [1.54, 1.807) is 0 Å². The van der Waals surface area contributed by atoms with Gasteiger partial charge in [0, 0.05) is 58.5 Å². The first-order chi connectivity index (χ1) is 11.0. The Hall–Kier alpha value is -0.240. The van der Waals surface area contributed by atoms with Gasteiger partial charge in [0.2, 0.25) is 0 Å². The lowest BCUT2D eigenvalue weighted by atomic mass is 9.95. The summed E-state index contributed by atoms with van der Waals surface area (Å²) in [5, 5.41) is 10.7. The van der Waals surface area contributed by atoms with E-state index in [0.717, 1.165) is 71.9 Å². The van der Waals surface area contributed by atoms with Gasteiger partial charge in [0.1, 0.15) is 5.60 Å². The van der Waals surface area contributed by atoms with Crippen LogP contribution in [-0.2, 0) is 9.47 Å². The number of β-amino-alcohol motifs (C(OH)–C–C–N with tert-alkyl or cyclic N) is 1. The second-order valence-electron chi connectivity index (χ2n) is 7.71. The molecule has 3 fully saturated rings. The van der Waals surface area contributed by atoms with Crippen LogP contribution in [0, 0.1) is 0 Å². The fraction of sp³-hybridized carbons (Fsp3) is 1.00. The number of hydrogen-bond acceptors (Lipinski definition) is 6. The van der Waals surface area contributed by atoms with Crippen molar-refractivity contribution in [3.8, 4) is 0 Å². The van der Waals surface area contributed by atoms with Crippen LogP contribution >= 0.6 is 0 Å². The van der Waals surface area contributed by atoms with Gasteiger partial charge in [-0.1, -0.05) is 0 Å². The predicted molar refractivity (Wildman–Crippen MR) is 89.7 cm³/mol. The molecule has 3 saturated heterocycles. The summed E-state index contributed by atoms with van der Waals surface area (Å²) in [5.41, 5.74) is -0.649. The smallest absolute Gasteiger partial charge is 0.101 e. The minimum absolute atomic E-state index is 0.337. The third-order valence-electron chi connectivity index (χ3n) is 5.45. The monoisotopic (exact) mass is 327 g/mol. The van der Waals surface area contributed by atoms with Crippen LogP contribution in [0.5, 0.6) is 0 Å². The molecule has 1 N–H and O–H groups in total. The Kier molecular flexibility index (Phi) is 5.93. The molecular weight excluding hydrogens is 294 g/mol. The van der Waals surface area contributed by atoms with Crippen molar-refractivity contribution in [3.05, 3.63) is 0 Å². The molecule has 3 rings (SSSR count). The first kappa shape index (κ1) is 17.6. The molecule has 134 valence electrons. The highest BCUT2D eigenvalue weighted by Crippen LogP contribution is 2.23. The largest absolute Gasteiger partial charge is 0.386 e. The molecule has 0 spiro atoms. The second-order valence-corrected chi connectivity index (χ2v) is 7.71. The van der Waals surface area contributed by atoms with E-state index < -0.39 is 5.60 Å². The van der Waals surface area contributed by atoms with Gasteiger partial charge in [0.15, 0.2) is 0 Å². The highest BCUT2D eigenvalue weighted by molar-refractivity contribution is 4.90. The summed E-state index contributed by atoms with van der Waals surface area (Å²) in [6, 6.07) is 0.469. The van der Waals surface area contributed by atoms with Crippen LogP contribution in [0.15, 0.2) is 0 Å². The molecule has 0 saturated carbocycles. The number of piperazine rings is 1. The number of likely N-dealkylation sites (N-methyl/N-ethyl adjacent to an activating group) is 1. The molecule has 3 aliphatic rings. The third-order valence-corrected chi connectivity index (χ3v) is 5.45. The highest BCUT2D eigenvalue weighted by atomic mass is 16.5. The van der Waals surface area contributed by atoms with Gasteiger partial charge in [-0.15, -0.1) is 0 Å². The Balaban J connectivity index is 1.45. The Morgan fingerprint density at radius 2 is 2.04 bits per heavy atom. The number of hydrogen-bond donors (Lipinski definition) is 1. The van der Waals surface area contributed by atoms with Crippen molar-refractivity contribution in [3.63, 3.8) is 0 Å². The topological polar surface area (TPSA) is 48.4 Å². The van der Waals surface area contributed by atoms with Crippen LogP contribution in [0.4, 0.5) is 0 Å². The molecule has 0 aromatic rings. The van der Waals surface area contributed by atoms with Gasteiger partial charge in [0.25, 0.3) is 0 Å². The van der Waals surface area contributed by atoms with Gasteiger partial charge < -0.3 is 19.5 Å². The fourth-order valence-electron chi connectivity index (χ4n) is 4.08. The van der Waals surface area contributed by atoms with E-state index in [2.05, 4.69) is 28.7 Å². The van der Waals surface area contributed by atoms with Gasteiger partial charge in [-0.2, -0.15) is 0 Å². The quantitative estimate of drug-likeness (QED) is 0.776. The van der Waals surface area contributed by atoms with E-state index in [1.807, 2.05) is 0 Å². The predicted octanol–water partition coefficient (Wildman–Crippen LogP) is -0.135. The molecule has 6 nitrogen and oxygen atoms in total. The van der Waals surface area contributed by atoms with Crippen molar-refractivity contribution in [1.82, 2.24) is 14.7 Å².